The zero-order valence-electron chi connectivity index (χ0n) is 16.0. The van der Waals surface area contributed by atoms with Crippen molar-refractivity contribution in [3.63, 3.8) is 0 Å². The number of amides is 1. The van der Waals surface area contributed by atoms with E-state index in [1.165, 1.54) is 5.56 Å². The standard InChI is InChI=1S/C22H23N3O2/c1-14-5-7-16(3)19(11-14)24-17-8-9-18(23-13-17)22(26)25-20-12-15(2)6-10-21(20)27-4/h5-13,24H,1-4H3,(H,25,26). The number of aromatic nitrogens is 1. The fraction of sp³-hybridized carbons (Fsp3) is 0.182. The zero-order valence-corrected chi connectivity index (χ0v) is 16.0. The van der Waals surface area contributed by atoms with Gasteiger partial charge in [-0.2, -0.15) is 0 Å². The van der Waals surface area contributed by atoms with Crippen molar-refractivity contribution in [3.05, 3.63) is 77.1 Å². The number of rotatable bonds is 5. The molecule has 0 aliphatic rings. The maximum atomic E-state index is 12.5. The predicted molar refractivity (Wildman–Crippen MR) is 109 cm³/mol. The molecule has 1 heterocycles. The molecule has 1 amide bonds. The minimum absolute atomic E-state index is 0.280. The van der Waals surface area contributed by atoms with E-state index >= 15 is 0 Å². The lowest BCUT2D eigenvalue weighted by Gasteiger charge is -2.12. The van der Waals surface area contributed by atoms with Gasteiger partial charge in [-0.3, -0.25) is 4.79 Å². The van der Waals surface area contributed by atoms with Gasteiger partial charge in [0, 0.05) is 5.69 Å². The van der Waals surface area contributed by atoms with Gasteiger partial charge in [-0.1, -0.05) is 18.2 Å². The third-order valence-electron chi connectivity index (χ3n) is 4.27. The molecule has 0 aliphatic heterocycles. The molecule has 0 bridgehead atoms. The second-order valence-corrected chi connectivity index (χ2v) is 6.53. The Balaban J connectivity index is 1.74. The summed E-state index contributed by atoms with van der Waals surface area (Å²) in [5.74, 6) is 0.333. The number of carbonyl (C=O) groups excluding carboxylic acids is 1. The molecule has 0 saturated heterocycles. The van der Waals surface area contributed by atoms with E-state index in [2.05, 4.69) is 40.7 Å². The van der Waals surface area contributed by atoms with Crippen LogP contribution in [0.2, 0.25) is 0 Å². The van der Waals surface area contributed by atoms with E-state index in [0.29, 0.717) is 17.1 Å². The molecule has 2 N–H and O–H groups in total. The summed E-state index contributed by atoms with van der Waals surface area (Å²) in [6.07, 6.45) is 1.66. The molecule has 0 fully saturated rings. The highest BCUT2D eigenvalue weighted by Crippen LogP contribution is 2.26. The van der Waals surface area contributed by atoms with Crippen LogP contribution in [-0.4, -0.2) is 18.0 Å². The van der Waals surface area contributed by atoms with Crippen molar-refractivity contribution < 1.29 is 9.53 Å². The first-order chi connectivity index (χ1) is 13.0. The van der Waals surface area contributed by atoms with Crippen LogP contribution in [0.5, 0.6) is 5.75 Å². The average molecular weight is 361 g/mol. The van der Waals surface area contributed by atoms with Crippen molar-refractivity contribution >= 4 is 23.0 Å². The van der Waals surface area contributed by atoms with Crippen LogP contribution in [0.3, 0.4) is 0 Å². The van der Waals surface area contributed by atoms with Gasteiger partial charge in [0.2, 0.25) is 0 Å². The fourth-order valence-corrected chi connectivity index (χ4v) is 2.73. The Hall–Kier alpha value is -3.34. The Morgan fingerprint density at radius 1 is 0.926 bits per heavy atom. The van der Waals surface area contributed by atoms with Gasteiger partial charge in [0.15, 0.2) is 0 Å². The molecule has 0 aliphatic carbocycles. The van der Waals surface area contributed by atoms with E-state index in [9.17, 15) is 4.79 Å². The first kappa shape index (κ1) is 18.5. The largest absolute Gasteiger partial charge is 0.495 e. The van der Waals surface area contributed by atoms with Crippen LogP contribution in [0.15, 0.2) is 54.7 Å². The van der Waals surface area contributed by atoms with Crippen LogP contribution in [0.4, 0.5) is 17.1 Å². The van der Waals surface area contributed by atoms with E-state index in [0.717, 1.165) is 22.5 Å². The summed E-state index contributed by atoms with van der Waals surface area (Å²) in [5.41, 5.74) is 6.18. The predicted octanol–water partition coefficient (Wildman–Crippen LogP) is 5.01. The van der Waals surface area contributed by atoms with Crippen molar-refractivity contribution in [1.29, 1.82) is 0 Å². The molecule has 3 aromatic rings. The molecule has 0 radical (unpaired) electrons. The van der Waals surface area contributed by atoms with Crippen molar-refractivity contribution in [2.45, 2.75) is 20.8 Å². The van der Waals surface area contributed by atoms with E-state index in [-0.39, 0.29) is 5.91 Å². The third kappa shape index (κ3) is 4.44. The second-order valence-electron chi connectivity index (χ2n) is 6.53. The lowest BCUT2D eigenvalue weighted by molar-refractivity contribution is 0.102. The van der Waals surface area contributed by atoms with E-state index in [4.69, 9.17) is 4.74 Å². The molecule has 5 nitrogen and oxygen atoms in total. The highest BCUT2D eigenvalue weighted by atomic mass is 16.5. The lowest BCUT2D eigenvalue weighted by atomic mass is 10.1. The molecule has 0 saturated carbocycles. The second kappa shape index (κ2) is 7.91. The van der Waals surface area contributed by atoms with Gasteiger partial charge < -0.3 is 15.4 Å². The Morgan fingerprint density at radius 3 is 2.30 bits per heavy atom. The highest BCUT2D eigenvalue weighted by molar-refractivity contribution is 6.03. The Kier molecular flexibility index (Phi) is 5.41. The van der Waals surface area contributed by atoms with Crippen LogP contribution < -0.4 is 15.4 Å². The fourth-order valence-electron chi connectivity index (χ4n) is 2.73. The SMILES string of the molecule is COc1ccc(C)cc1NC(=O)c1ccc(Nc2cc(C)ccc2C)cn1. The van der Waals surface area contributed by atoms with Crippen LogP contribution in [0.25, 0.3) is 0 Å². The summed E-state index contributed by atoms with van der Waals surface area (Å²) in [7, 11) is 1.58. The van der Waals surface area contributed by atoms with E-state index < -0.39 is 0 Å². The summed E-state index contributed by atoms with van der Waals surface area (Å²) < 4.78 is 5.30. The van der Waals surface area contributed by atoms with Gasteiger partial charge in [0.05, 0.1) is 24.7 Å². The molecular formula is C22H23N3O2. The smallest absolute Gasteiger partial charge is 0.274 e. The molecular weight excluding hydrogens is 338 g/mol. The molecule has 5 heteroatoms. The lowest BCUT2D eigenvalue weighted by Crippen LogP contribution is -2.14. The maximum Gasteiger partial charge on any atom is 0.274 e. The number of nitrogens with one attached hydrogen (secondary N) is 2. The number of anilines is 3. The van der Waals surface area contributed by atoms with Gasteiger partial charge in [0.25, 0.3) is 5.91 Å². The van der Waals surface area contributed by atoms with Gasteiger partial charge in [-0.25, -0.2) is 4.98 Å². The molecule has 0 unspecified atom stereocenters. The molecule has 27 heavy (non-hydrogen) atoms. The first-order valence-corrected chi connectivity index (χ1v) is 8.72. The number of hydrogen-bond donors (Lipinski definition) is 2. The van der Waals surface area contributed by atoms with Crippen LogP contribution >= 0.6 is 0 Å². The number of methoxy groups -OCH3 is 1. The van der Waals surface area contributed by atoms with Crippen LogP contribution in [-0.2, 0) is 0 Å². The number of carbonyl (C=O) groups is 1. The number of pyridine rings is 1. The van der Waals surface area contributed by atoms with E-state index in [1.54, 1.807) is 19.4 Å². The van der Waals surface area contributed by atoms with E-state index in [1.807, 2.05) is 38.1 Å². The minimum Gasteiger partial charge on any atom is -0.495 e. The van der Waals surface area contributed by atoms with Gasteiger partial charge >= 0.3 is 0 Å². The molecule has 0 atom stereocenters. The topological polar surface area (TPSA) is 63.2 Å². The van der Waals surface area contributed by atoms with Crippen LogP contribution in [0, 0.1) is 20.8 Å². The summed E-state index contributed by atoms with van der Waals surface area (Å²) in [5, 5.41) is 6.20. The molecule has 0 spiro atoms. The van der Waals surface area contributed by atoms with Crippen molar-refractivity contribution in [2.24, 2.45) is 0 Å². The third-order valence-corrected chi connectivity index (χ3v) is 4.27. The quantitative estimate of drug-likeness (QED) is 0.670. The first-order valence-electron chi connectivity index (χ1n) is 8.72. The maximum absolute atomic E-state index is 12.5. The number of nitrogens with zero attached hydrogens (tertiary/aromatic N) is 1. The average Bonchev–Trinajstić information content (AvgIpc) is 2.65. The van der Waals surface area contributed by atoms with Crippen molar-refractivity contribution in [1.82, 2.24) is 4.98 Å². The summed E-state index contributed by atoms with van der Waals surface area (Å²) >= 11 is 0. The molecule has 3 rings (SSSR count). The minimum atomic E-state index is -0.280. The highest BCUT2D eigenvalue weighted by Gasteiger charge is 2.11. The Labute approximate surface area is 159 Å². The van der Waals surface area contributed by atoms with Crippen molar-refractivity contribution in [2.75, 3.05) is 17.7 Å². The number of aryl methyl sites for hydroxylation is 3. The molecule has 138 valence electrons. The zero-order chi connectivity index (χ0) is 19.4. The van der Waals surface area contributed by atoms with Crippen molar-refractivity contribution in [3.8, 4) is 5.75 Å². The Bertz CT molecular complexity index is 966. The summed E-state index contributed by atoms with van der Waals surface area (Å²) in [4.78, 5) is 16.8. The Morgan fingerprint density at radius 2 is 1.63 bits per heavy atom. The number of ether oxygens (including phenoxy) is 1. The van der Waals surface area contributed by atoms with Gasteiger partial charge in [-0.05, 0) is 67.8 Å². The molecule has 2 aromatic carbocycles. The van der Waals surface area contributed by atoms with Crippen LogP contribution in [0.1, 0.15) is 27.2 Å². The molecule has 1 aromatic heterocycles. The summed E-state index contributed by atoms with van der Waals surface area (Å²) in [6, 6.07) is 15.4. The normalized spacial score (nSPS) is 10.4. The van der Waals surface area contributed by atoms with Gasteiger partial charge in [0.1, 0.15) is 11.4 Å². The number of benzene rings is 2. The van der Waals surface area contributed by atoms with Gasteiger partial charge in [-0.15, -0.1) is 0 Å². The number of hydrogen-bond acceptors (Lipinski definition) is 4. The monoisotopic (exact) mass is 361 g/mol. The summed E-state index contributed by atoms with van der Waals surface area (Å²) in [6.45, 7) is 6.06.